The van der Waals surface area contributed by atoms with Gasteiger partial charge in [-0.15, -0.1) is 16.6 Å². The third-order valence-electron chi connectivity index (χ3n) is 0.726. The minimum Gasteiger partial charge on any atom is -0.389 e. The standard InChI is InChI=1S/C5H4N2OS/c1-2-4-6-7-5(3-8)9-4/h1,8H,3H2. The Balaban J connectivity index is 2.90. The summed E-state index contributed by atoms with van der Waals surface area (Å²) in [7, 11) is 0. The summed E-state index contributed by atoms with van der Waals surface area (Å²) in [6, 6.07) is 0. The van der Waals surface area contributed by atoms with E-state index in [9.17, 15) is 0 Å². The first-order valence-corrected chi connectivity index (χ1v) is 3.08. The SMILES string of the molecule is C#Cc1nnc(CO)s1. The van der Waals surface area contributed by atoms with Crippen LogP contribution in [-0.2, 0) is 6.61 Å². The van der Waals surface area contributed by atoms with Crippen LogP contribution < -0.4 is 0 Å². The minimum absolute atomic E-state index is 0.0840. The van der Waals surface area contributed by atoms with Crippen LogP contribution in [0.25, 0.3) is 0 Å². The molecule has 0 radical (unpaired) electrons. The Bertz CT molecular complexity index is 237. The van der Waals surface area contributed by atoms with E-state index in [1.54, 1.807) is 0 Å². The number of terminal acetylenes is 1. The molecular formula is C5H4N2OS. The highest BCUT2D eigenvalue weighted by Gasteiger charge is 1.97. The van der Waals surface area contributed by atoms with Crippen LogP contribution >= 0.6 is 11.3 Å². The van der Waals surface area contributed by atoms with Crippen LogP contribution in [0.3, 0.4) is 0 Å². The van der Waals surface area contributed by atoms with Crippen LogP contribution in [0.2, 0.25) is 0 Å². The molecule has 3 nitrogen and oxygen atoms in total. The van der Waals surface area contributed by atoms with Gasteiger partial charge in [-0.2, -0.15) is 0 Å². The van der Waals surface area contributed by atoms with Crippen molar-refractivity contribution in [3.05, 3.63) is 10.0 Å². The van der Waals surface area contributed by atoms with Crippen molar-refractivity contribution in [1.82, 2.24) is 10.2 Å². The molecule has 0 aliphatic rings. The summed E-state index contributed by atoms with van der Waals surface area (Å²) in [5.74, 6) is 2.32. The maximum atomic E-state index is 8.49. The van der Waals surface area contributed by atoms with Gasteiger partial charge in [-0.05, 0) is 5.92 Å². The predicted molar refractivity (Wildman–Crippen MR) is 33.8 cm³/mol. The topological polar surface area (TPSA) is 46.0 Å². The summed E-state index contributed by atoms with van der Waals surface area (Å²) >= 11 is 1.22. The lowest BCUT2D eigenvalue weighted by atomic mass is 10.8. The maximum absolute atomic E-state index is 8.49. The van der Waals surface area contributed by atoms with Crippen LogP contribution in [0, 0.1) is 12.3 Å². The average Bonchev–Trinajstić information content (AvgIpc) is 2.34. The highest BCUT2D eigenvalue weighted by atomic mass is 32.1. The Morgan fingerprint density at radius 1 is 1.67 bits per heavy atom. The van der Waals surface area contributed by atoms with Gasteiger partial charge in [0.15, 0.2) is 5.01 Å². The maximum Gasteiger partial charge on any atom is 0.190 e. The smallest absolute Gasteiger partial charge is 0.190 e. The third kappa shape index (κ3) is 1.25. The first kappa shape index (κ1) is 6.20. The van der Waals surface area contributed by atoms with Crippen LogP contribution in [0.15, 0.2) is 0 Å². The minimum atomic E-state index is -0.0840. The van der Waals surface area contributed by atoms with Crippen molar-refractivity contribution in [1.29, 1.82) is 0 Å². The summed E-state index contributed by atoms with van der Waals surface area (Å²) in [6.45, 7) is -0.0840. The van der Waals surface area contributed by atoms with Crippen molar-refractivity contribution in [2.75, 3.05) is 0 Å². The molecule has 0 amide bonds. The molecule has 46 valence electrons. The second-order valence-corrected chi connectivity index (χ2v) is 2.37. The lowest BCUT2D eigenvalue weighted by Gasteiger charge is -1.75. The van der Waals surface area contributed by atoms with E-state index in [-0.39, 0.29) is 6.61 Å². The Morgan fingerprint density at radius 2 is 2.44 bits per heavy atom. The van der Waals surface area contributed by atoms with Gasteiger partial charge in [0.25, 0.3) is 0 Å². The number of aromatic nitrogens is 2. The fourth-order valence-corrected chi connectivity index (χ4v) is 0.886. The average molecular weight is 140 g/mol. The zero-order chi connectivity index (χ0) is 6.69. The zero-order valence-corrected chi connectivity index (χ0v) is 5.35. The molecule has 9 heavy (non-hydrogen) atoms. The summed E-state index contributed by atoms with van der Waals surface area (Å²) in [4.78, 5) is 0. The number of aliphatic hydroxyl groups is 1. The molecule has 0 atom stereocenters. The first-order chi connectivity index (χ1) is 4.36. The lowest BCUT2D eigenvalue weighted by molar-refractivity contribution is 0.280. The number of nitrogens with zero attached hydrogens (tertiary/aromatic N) is 2. The van der Waals surface area contributed by atoms with Crippen molar-refractivity contribution in [3.63, 3.8) is 0 Å². The van der Waals surface area contributed by atoms with Crippen molar-refractivity contribution < 1.29 is 5.11 Å². The molecule has 0 aromatic carbocycles. The molecule has 0 aliphatic carbocycles. The molecule has 0 saturated carbocycles. The molecule has 0 spiro atoms. The zero-order valence-electron chi connectivity index (χ0n) is 4.53. The summed E-state index contributed by atoms with van der Waals surface area (Å²) in [5, 5.41) is 16.7. The molecule has 1 N–H and O–H groups in total. The number of rotatable bonds is 1. The van der Waals surface area contributed by atoms with E-state index in [1.807, 2.05) is 0 Å². The number of hydrogen-bond donors (Lipinski definition) is 1. The van der Waals surface area contributed by atoms with Gasteiger partial charge < -0.3 is 5.11 Å². The summed E-state index contributed by atoms with van der Waals surface area (Å²) < 4.78 is 0. The van der Waals surface area contributed by atoms with E-state index in [0.29, 0.717) is 10.0 Å². The van der Waals surface area contributed by atoms with Crippen LogP contribution in [0.1, 0.15) is 10.0 Å². The second-order valence-electron chi connectivity index (χ2n) is 1.30. The monoisotopic (exact) mass is 140 g/mol. The van der Waals surface area contributed by atoms with E-state index in [1.165, 1.54) is 11.3 Å². The normalized spacial score (nSPS) is 8.89. The van der Waals surface area contributed by atoms with Crippen LogP contribution in [0.5, 0.6) is 0 Å². The molecule has 0 unspecified atom stereocenters. The molecule has 0 saturated heterocycles. The van der Waals surface area contributed by atoms with Gasteiger partial charge in [0.1, 0.15) is 5.01 Å². The molecule has 1 aromatic heterocycles. The second kappa shape index (κ2) is 2.58. The fourth-order valence-electron chi connectivity index (χ4n) is 0.376. The largest absolute Gasteiger partial charge is 0.389 e. The van der Waals surface area contributed by atoms with E-state index < -0.39 is 0 Å². The lowest BCUT2D eigenvalue weighted by Crippen LogP contribution is -1.78. The third-order valence-corrected chi connectivity index (χ3v) is 1.56. The molecular weight excluding hydrogens is 136 g/mol. The number of hydrogen-bond acceptors (Lipinski definition) is 4. The molecule has 1 aromatic rings. The Hall–Kier alpha value is -0.920. The highest BCUT2D eigenvalue weighted by Crippen LogP contribution is 2.06. The Kier molecular flexibility index (Phi) is 1.78. The van der Waals surface area contributed by atoms with Gasteiger partial charge >= 0.3 is 0 Å². The fraction of sp³-hybridized carbons (Fsp3) is 0.200. The molecule has 0 bridgehead atoms. The molecule has 0 aliphatic heterocycles. The Labute approximate surface area is 56.4 Å². The molecule has 1 rings (SSSR count). The van der Waals surface area contributed by atoms with Crippen molar-refractivity contribution in [2.45, 2.75) is 6.61 Å². The molecule has 0 fully saturated rings. The predicted octanol–water partition coefficient (Wildman–Crippen LogP) is 0.0117. The summed E-state index contributed by atoms with van der Waals surface area (Å²) in [6.07, 6.45) is 4.99. The van der Waals surface area contributed by atoms with Crippen molar-refractivity contribution >= 4 is 11.3 Å². The van der Waals surface area contributed by atoms with E-state index >= 15 is 0 Å². The van der Waals surface area contributed by atoms with E-state index in [0.717, 1.165) is 0 Å². The number of aliphatic hydroxyl groups excluding tert-OH is 1. The Morgan fingerprint density at radius 3 is 2.78 bits per heavy atom. The van der Waals surface area contributed by atoms with Crippen molar-refractivity contribution in [3.8, 4) is 12.3 Å². The molecule has 4 heteroatoms. The van der Waals surface area contributed by atoms with Crippen LogP contribution in [-0.4, -0.2) is 15.3 Å². The first-order valence-electron chi connectivity index (χ1n) is 2.26. The van der Waals surface area contributed by atoms with Gasteiger partial charge in [-0.3, -0.25) is 0 Å². The van der Waals surface area contributed by atoms with Gasteiger partial charge in [-0.1, -0.05) is 11.3 Å². The quantitative estimate of drug-likeness (QED) is 0.559. The van der Waals surface area contributed by atoms with E-state index in [2.05, 4.69) is 16.1 Å². The summed E-state index contributed by atoms with van der Waals surface area (Å²) in [5.41, 5.74) is 0. The molecule has 1 heterocycles. The van der Waals surface area contributed by atoms with Gasteiger partial charge in [0.05, 0.1) is 6.61 Å². The van der Waals surface area contributed by atoms with Gasteiger partial charge in [0, 0.05) is 0 Å². The van der Waals surface area contributed by atoms with Crippen LogP contribution in [0.4, 0.5) is 0 Å². The highest BCUT2D eigenvalue weighted by molar-refractivity contribution is 7.11. The van der Waals surface area contributed by atoms with Gasteiger partial charge in [0.2, 0.25) is 0 Å². The van der Waals surface area contributed by atoms with Crippen molar-refractivity contribution in [2.24, 2.45) is 0 Å². The van der Waals surface area contributed by atoms with E-state index in [4.69, 9.17) is 11.5 Å². The van der Waals surface area contributed by atoms with Gasteiger partial charge in [-0.25, -0.2) is 0 Å².